The number of nitrogens with one attached hydrogen (secondary N) is 1. The molecular weight excluding hydrogens is 410 g/mol. The van der Waals surface area contributed by atoms with Gasteiger partial charge in [-0.05, 0) is 55.9 Å². The number of nitrogens with zero attached hydrogens (tertiary/aromatic N) is 2. The summed E-state index contributed by atoms with van der Waals surface area (Å²) >= 11 is 0. The van der Waals surface area contributed by atoms with Crippen molar-refractivity contribution in [3.8, 4) is 0 Å². The quantitative estimate of drug-likeness (QED) is 0.682. The molecule has 0 unspecified atom stereocenters. The zero-order chi connectivity index (χ0) is 21.4. The summed E-state index contributed by atoms with van der Waals surface area (Å²) in [7, 11) is -3.55. The molecule has 3 aromatic rings. The van der Waals surface area contributed by atoms with Gasteiger partial charge < -0.3 is 4.90 Å². The number of carbonyl (C=O) groups excluding carboxylic acids is 1. The third-order valence-corrected chi connectivity index (χ3v) is 7.83. The molecule has 2 aromatic carbocycles. The Bertz CT molecular complexity index is 1230. The number of para-hydroxylation sites is 1. The highest BCUT2D eigenvalue weighted by atomic mass is 32.2. The number of fused-ring (bicyclic) bond motifs is 2. The van der Waals surface area contributed by atoms with E-state index in [1.807, 2.05) is 29.2 Å². The summed E-state index contributed by atoms with van der Waals surface area (Å²) in [6.45, 7) is 1.07. The van der Waals surface area contributed by atoms with E-state index in [1.54, 1.807) is 30.3 Å². The molecule has 7 heteroatoms. The summed E-state index contributed by atoms with van der Waals surface area (Å²) in [5.41, 5.74) is 3.81. The predicted molar refractivity (Wildman–Crippen MR) is 119 cm³/mol. The third-order valence-electron chi connectivity index (χ3n) is 6.29. The molecule has 1 aliphatic carbocycles. The van der Waals surface area contributed by atoms with Crippen molar-refractivity contribution in [3.05, 3.63) is 71.4 Å². The number of aromatic nitrogens is 1. The van der Waals surface area contributed by atoms with Gasteiger partial charge in [0.05, 0.1) is 16.0 Å². The number of piperidine rings is 1. The molecular formula is C24H25N3O3S. The molecule has 1 aliphatic heterocycles. The number of hydrogen-bond donors (Lipinski definition) is 1. The molecule has 0 spiro atoms. The van der Waals surface area contributed by atoms with Crippen molar-refractivity contribution >= 4 is 26.8 Å². The Hall–Kier alpha value is -2.77. The fourth-order valence-electron chi connectivity index (χ4n) is 4.70. The molecule has 0 radical (unpaired) electrons. The minimum absolute atomic E-state index is 0.0427. The number of rotatable bonds is 4. The Labute approximate surface area is 182 Å². The maximum atomic E-state index is 13.5. The first-order valence-corrected chi connectivity index (χ1v) is 12.3. The summed E-state index contributed by atoms with van der Waals surface area (Å²) in [6, 6.07) is 16.1. The molecule has 5 rings (SSSR count). The fraction of sp³-hybridized carbons (Fsp3) is 0.333. The minimum Gasteiger partial charge on any atom is -0.339 e. The van der Waals surface area contributed by atoms with E-state index in [4.69, 9.17) is 4.98 Å². The molecule has 0 saturated carbocycles. The van der Waals surface area contributed by atoms with Crippen LogP contribution in [0.4, 0.5) is 0 Å². The second-order valence-electron chi connectivity index (χ2n) is 8.28. The normalized spacial score (nSPS) is 17.1. The second-order valence-corrected chi connectivity index (χ2v) is 10.00. The highest BCUT2D eigenvalue weighted by Gasteiger charge is 2.30. The largest absolute Gasteiger partial charge is 0.339 e. The van der Waals surface area contributed by atoms with Gasteiger partial charge in [-0.1, -0.05) is 36.4 Å². The Kier molecular flexibility index (Phi) is 5.24. The molecule has 31 heavy (non-hydrogen) atoms. The molecule has 2 heterocycles. The summed E-state index contributed by atoms with van der Waals surface area (Å²) in [6.07, 6.45) is 4.04. The monoisotopic (exact) mass is 435 g/mol. The number of carbonyl (C=O) groups is 1. The molecule has 1 aromatic heterocycles. The topological polar surface area (TPSA) is 79.4 Å². The smallest absolute Gasteiger partial charge is 0.254 e. The first-order valence-electron chi connectivity index (χ1n) is 10.8. The fourth-order valence-corrected chi connectivity index (χ4v) is 6.03. The number of pyridine rings is 1. The second kappa shape index (κ2) is 8.05. The lowest BCUT2D eigenvalue weighted by Gasteiger charge is -2.33. The van der Waals surface area contributed by atoms with Crippen LogP contribution in [0, 0.1) is 0 Å². The van der Waals surface area contributed by atoms with Crippen molar-refractivity contribution < 1.29 is 13.2 Å². The lowest BCUT2D eigenvalue weighted by Crippen LogP contribution is -2.46. The van der Waals surface area contributed by atoms with Crippen molar-refractivity contribution in [2.75, 3.05) is 13.1 Å². The molecule has 1 saturated heterocycles. The average Bonchev–Trinajstić information content (AvgIpc) is 3.26. The van der Waals surface area contributed by atoms with E-state index < -0.39 is 10.0 Å². The van der Waals surface area contributed by atoms with Crippen molar-refractivity contribution in [2.24, 2.45) is 0 Å². The van der Waals surface area contributed by atoms with E-state index in [2.05, 4.69) is 4.72 Å². The van der Waals surface area contributed by atoms with Gasteiger partial charge in [0.1, 0.15) is 0 Å². The highest BCUT2D eigenvalue weighted by molar-refractivity contribution is 7.89. The molecule has 0 atom stereocenters. The van der Waals surface area contributed by atoms with Gasteiger partial charge in [-0.3, -0.25) is 9.78 Å². The van der Waals surface area contributed by atoms with Crippen LogP contribution in [0.15, 0.2) is 59.5 Å². The van der Waals surface area contributed by atoms with E-state index in [0.29, 0.717) is 25.9 Å². The van der Waals surface area contributed by atoms with Crippen LogP contribution in [0.1, 0.15) is 40.9 Å². The van der Waals surface area contributed by atoms with Crippen LogP contribution in [-0.4, -0.2) is 43.3 Å². The van der Waals surface area contributed by atoms with E-state index in [-0.39, 0.29) is 16.8 Å². The van der Waals surface area contributed by atoms with E-state index in [0.717, 1.165) is 47.0 Å². The van der Waals surface area contributed by atoms with Crippen LogP contribution in [0.3, 0.4) is 0 Å². The van der Waals surface area contributed by atoms with Crippen molar-refractivity contribution in [1.82, 2.24) is 14.6 Å². The average molecular weight is 436 g/mol. The summed E-state index contributed by atoms with van der Waals surface area (Å²) in [4.78, 5) is 20.5. The molecule has 2 aliphatic rings. The number of sulfonamides is 1. The molecule has 0 bridgehead atoms. The van der Waals surface area contributed by atoms with Gasteiger partial charge in [-0.15, -0.1) is 0 Å². The number of benzene rings is 2. The van der Waals surface area contributed by atoms with Gasteiger partial charge in [0.2, 0.25) is 10.0 Å². The van der Waals surface area contributed by atoms with Gasteiger partial charge in [-0.25, -0.2) is 13.1 Å². The maximum absolute atomic E-state index is 13.5. The number of hydrogen-bond acceptors (Lipinski definition) is 4. The zero-order valence-corrected chi connectivity index (χ0v) is 18.1. The van der Waals surface area contributed by atoms with E-state index >= 15 is 0 Å². The molecule has 1 fully saturated rings. The van der Waals surface area contributed by atoms with Crippen LogP contribution in [0.2, 0.25) is 0 Å². The minimum atomic E-state index is -3.55. The number of aryl methyl sites for hydroxylation is 1. The van der Waals surface area contributed by atoms with Crippen LogP contribution in [-0.2, 0) is 22.9 Å². The first kappa shape index (κ1) is 20.2. The predicted octanol–water partition coefficient (Wildman–Crippen LogP) is 3.31. The Morgan fingerprint density at radius 1 is 0.968 bits per heavy atom. The summed E-state index contributed by atoms with van der Waals surface area (Å²) < 4.78 is 28.0. The van der Waals surface area contributed by atoms with Crippen LogP contribution < -0.4 is 4.72 Å². The Morgan fingerprint density at radius 3 is 2.45 bits per heavy atom. The summed E-state index contributed by atoms with van der Waals surface area (Å²) in [5.74, 6) is 0.0427. The Balaban J connectivity index is 1.34. The molecule has 160 valence electrons. The number of likely N-dealkylation sites (tertiary alicyclic amines) is 1. The standard InChI is InChI=1S/C24H25N3O3S/c28-24(23-19-9-4-5-11-21(19)25-22-12-6-10-20(22)23)27-15-13-17(14-16-27)26-31(29,30)18-7-2-1-3-8-18/h1-5,7-9,11,17,26H,6,10,12-16H2. The summed E-state index contributed by atoms with van der Waals surface area (Å²) in [5, 5.41) is 0.917. The van der Waals surface area contributed by atoms with Crippen LogP contribution in [0.25, 0.3) is 10.9 Å². The third kappa shape index (κ3) is 3.83. The molecule has 1 N–H and O–H groups in total. The van der Waals surface area contributed by atoms with E-state index in [9.17, 15) is 13.2 Å². The van der Waals surface area contributed by atoms with Crippen molar-refractivity contribution in [2.45, 2.75) is 43.0 Å². The highest BCUT2D eigenvalue weighted by Crippen LogP contribution is 2.31. The maximum Gasteiger partial charge on any atom is 0.254 e. The van der Waals surface area contributed by atoms with Gasteiger partial charge in [0.15, 0.2) is 0 Å². The van der Waals surface area contributed by atoms with Crippen LogP contribution >= 0.6 is 0 Å². The van der Waals surface area contributed by atoms with Gasteiger partial charge in [-0.2, -0.15) is 0 Å². The van der Waals surface area contributed by atoms with E-state index in [1.165, 1.54) is 0 Å². The van der Waals surface area contributed by atoms with Crippen molar-refractivity contribution in [1.29, 1.82) is 0 Å². The lowest BCUT2D eigenvalue weighted by atomic mass is 9.98. The molecule has 6 nitrogen and oxygen atoms in total. The van der Waals surface area contributed by atoms with Gasteiger partial charge in [0.25, 0.3) is 5.91 Å². The first-order chi connectivity index (χ1) is 15.0. The lowest BCUT2D eigenvalue weighted by molar-refractivity contribution is 0.0712. The van der Waals surface area contributed by atoms with Crippen molar-refractivity contribution in [3.63, 3.8) is 0 Å². The SMILES string of the molecule is O=C(c1c2c(nc3ccccc13)CCC2)N1CCC(NS(=O)(=O)c2ccccc2)CC1. The van der Waals surface area contributed by atoms with Gasteiger partial charge >= 0.3 is 0 Å². The van der Waals surface area contributed by atoms with Crippen LogP contribution in [0.5, 0.6) is 0 Å². The molecule has 1 amide bonds. The zero-order valence-electron chi connectivity index (χ0n) is 17.3. The van der Waals surface area contributed by atoms with Gasteiger partial charge in [0, 0.05) is 30.2 Å². The Morgan fingerprint density at radius 2 is 1.68 bits per heavy atom. The number of amides is 1.